The van der Waals surface area contributed by atoms with Gasteiger partial charge in [0.25, 0.3) is 0 Å². The second-order valence-corrected chi connectivity index (χ2v) is 6.00. The lowest BCUT2D eigenvalue weighted by molar-refractivity contribution is -0.115. The van der Waals surface area contributed by atoms with Crippen LogP contribution in [0.2, 0.25) is 0 Å². The summed E-state index contributed by atoms with van der Waals surface area (Å²) in [7, 11) is 0. The zero-order valence-electron chi connectivity index (χ0n) is 12.6. The van der Waals surface area contributed by atoms with E-state index in [0.717, 1.165) is 10.0 Å². The van der Waals surface area contributed by atoms with Crippen LogP contribution in [0.5, 0.6) is 0 Å². The zero-order valence-corrected chi connectivity index (χ0v) is 14.2. The van der Waals surface area contributed by atoms with Gasteiger partial charge < -0.3 is 14.3 Å². The number of oxazole rings is 1. The summed E-state index contributed by atoms with van der Waals surface area (Å²) in [6, 6.07) is 9.29. The molecule has 0 saturated carbocycles. The minimum atomic E-state index is -0.226. The van der Waals surface area contributed by atoms with Crippen molar-refractivity contribution in [3.8, 4) is 11.5 Å². The predicted molar refractivity (Wildman–Crippen MR) is 87.9 cm³/mol. The predicted octanol–water partition coefficient (Wildman–Crippen LogP) is 3.89. The molecule has 1 aromatic carbocycles. The molecule has 0 atom stereocenters. The van der Waals surface area contributed by atoms with Gasteiger partial charge in [-0.1, -0.05) is 27.2 Å². The normalized spacial score (nSPS) is 10.7. The SMILES string of the molecule is Cc1cc(NC(=O)Cc2nc(-c3cccc(Br)c3)oc2C)no1. The first-order valence-electron chi connectivity index (χ1n) is 6.96. The van der Waals surface area contributed by atoms with Gasteiger partial charge in [0, 0.05) is 16.1 Å². The number of rotatable bonds is 4. The van der Waals surface area contributed by atoms with Crippen molar-refractivity contribution in [2.75, 3.05) is 5.32 Å². The van der Waals surface area contributed by atoms with E-state index < -0.39 is 0 Å². The third-order valence-electron chi connectivity index (χ3n) is 3.19. The molecule has 118 valence electrons. The van der Waals surface area contributed by atoms with Crippen LogP contribution in [0.25, 0.3) is 11.5 Å². The van der Waals surface area contributed by atoms with Crippen LogP contribution in [0.1, 0.15) is 17.2 Å². The maximum absolute atomic E-state index is 12.1. The summed E-state index contributed by atoms with van der Waals surface area (Å²) in [4.78, 5) is 16.5. The number of hydrogen-bond acceptors (Lipinski definition) is 5. The van der Waals surface area contributed by atoms with Crippen LogP contribution in [0, 0.1) is 13.8 Å². The fourth-order valence-corrected chi connectivity index (χ4v) is 2.50. The van der Waals surface area contributed by atoms with Crippen LogP contribution in [0.3, 0.4) is 0 Å². The molecule has 0 fully saturated rings. The van der Waals surface area contributed by atoms with Gasteiger partial charge in [0.05, 0.1) is 12.1 Å². The quantitative estimate of drug-likeness (QED) is 0.747. The molecule has 0 unspecified atom stereocenters. The molecule has 0 spiro atoms. The number of anilines is 1. The molecular formula is C16H14BrN3O3. The molecule has 0 aliphatic carbocycles. The number of carbonyl (C=O) groups excluding carboxylic acids is 1. The van der Waals surface area contributed by atoms with Gasteiger partial charge in [-0.3, -0.25) is 4.79 Å². The Morgan fingerprint density at radius 2 is 2.13 bits per heavy atom. The fraction of sp³-hybridized carbons (Fsp3) is 0.188. The summed E-state index contributed by atoms with van der Waals surface area (Å²) in [5.74, 6) is 1.90. The maximum Gasteiger partial charge on any atom is 0.231 e. The van der Waals surface area contributed by atoms with E-state index >= 15 is 0 Å². The average Bonchev–Trinajstić information content (AvgIpc) is 3.06. The zero-order chi connectivity index (χ0) is 16.4. The van der Waals surface area contributed by atoms with Crippen LogP contribution in [-0.2, 0) is 11.2 Å². The summed E-state index contributed by atoms with van der Waals surface area (Å²) in [6.07, 6.45) is 0.106. The minimum Gasteiger partial charge on any atom is -0.441 e. The molecule has 1 amide bonds. The van der Waals surface area contributed by atoms with E-state index in [0.29, 0.717) is 28.9 Å². The largest absolute Gasteiger partial charge is 0.441 e. The van der Waals surface area contributed by atoms with E-state index in [1.807, 2.05) is 24.3 Å². The van der Waals surface area contributed by atoms with Gasteiger partial charge in [0.15, 0.2) is 5.82 Å². The van der Waals surface area contributed by atoms with Crippen molar-refractivity contribution < 1.29 is 13.7 Å². The van der Waals surface area contributed by atoms with Crippen molar-refractivity contribution in [3.05, 3.63) is 52.0 Å². The Balaban J connectivity index is 1.74. The summed E-state index contributed by atoms with van der Waals surface area (Å²) in [5.41, 5.74) is 1.44. The van der Waals surface area contributed by atoms with Gasteiger partial charge in [0.2, 0.25) is 11.8 Å². The van der Waals surface area contributed by atoms with Gasteiger partial charge in [-0.25, -0.2) is 4.98 Å². The summed E-state index contributed by atoms with van der Waals surface area (Å²) in [5, 5.41) is 6.39. The second kappa shape index (κ2) is 6.37. The number of nitrogens with one attached hydrogen (secondary N) is 1. The molecule has 7 heteroatoms. The first-order chi connectivity index (χ1) is 11.0. The maximum atomic E-state index is 12.1. The monoisotopic (exact) mass is 375 g/mol. The topological polar surface area (TPSA) is 81.2 Å². The van der Waals surface area contributed by atoms with Gasteiger partial charge in [-0.2, -0.15) is 0 Å². The minimum absolute atomic E-state index is 0.106. The number of benzene rings is 1. The van der Waals surface area contributed by atoms with E-state index in [9.17, 15) is 4.79 Å². The highest BCUT2D eigenvalue weighted by atomic mass is 79.9. The molecule has 3 rings (SSSR count). The van der Waals surface area contributed by atoms with E-state index in [1.165, 1.54) is 0 Å². The standard InChI is InChI=1S/C16H14BrN3O3/c1-9-6-14(20-23-9)19-15(21)8-13-10(2)22-16(18-13)11-4-3-5-12(17)7-11/h3-7H,8H2,1-2H3,(H,19,20,21). The Labute approximate surface area is 141 Å². The van der Waals surface area contributed by atoms with Crippen molar-refractivity contribution in [1.82, 2.24) is 10.1 Å². The Hall–Kier alpha value is -2.41. The first-order valence-corrected chi connectivity index (χ1v) is 7.76. The Morgan fingerprint density at radius 3 is 2.83 bits per heavy atom. The molecule has 3 aromatic rings. The van der Waals surface area contributed by atoms with Gasteiger partial charge >= 0.3 is 0 Å². The number of carbonyl (C=O) groups is 1. The molecule has 0 aliphatic heterocycles. The van der Waals surface area contributed by atoms with Gasteiger partial charge in [0.1, 0.15) is 11.5 Å². The molecule has 6 nitrogen and oxygen atoms in total. The molecule has 2 heterocycles. The smallest absolute Gasteiger partial charge is 0.231 e. The highest BCUT2D eigenvalue weighted by Crippen LogP contribution is 2.24. The van der Waals surface area contributed by atoms with Gasteiger partial charge in [-0.15, -0.1) is 0 Å². The van der Waals surface area contributed by atoms with Crippen molar-refractivity contribution in [1.29, 1.82) is 0 Å². The van der Waals surface area contributed by atoms with E-state index in [1.54, 1.807) is 19.9 Å². The van der Waals surface area contributed by atoms with Crippen LogP contribution in [0.15, 0.2) is 43.7 Å². The van der Waals surface area contributed by atoms with Crippen LogP contribution < -0.4 is 5.32 Å². The molecule has 2 aromatic heterocycles. The van der Waals surface area contributed by atoms with E-state index in [4.69, 9.17) is 8.94 Å². The number of amides is 1. The van der Waals surface area contributed by atoms with E-state index in [2.05, 4.69) is 31.4 Å². The molecule has 0 radical (unpaired) electrons. The lowest BCUT2D eigenvalue weighted by Gasteiger charge is -1.98. The first kappa shape index (κ1) is 15.5. The fourth-order valence-electron chi connectivity index (χ4n) is 2.10. The lowest BCUT2D eigenvalue weighted by Crippen LogP contribution is -2.15. The third kappa shape index (κ3) is 3.68. The number of aromatic nitrogens is 2. The van der Waals surface area contributed by atoms with Crippen molar-refractivity contribution in [3.63, 3.8) is 0 Å². The Bertz CT molecular complexity index is 854. The summed E-state index contributed by atoms with van der Waals surface area (Å²) < 4.78 is 11.5. The molecule has 0 saturated heterocycles. The number of halogens is 1. The van der Waals surface area contributed by atoms with E-state index in [-0.39, 0.29) is 12.3 Å². The number of aryl methyl sites for hydroxylation is 2. The van der Waals surface area contributed by atoms with Crippen molar-refractivity contribution in [2.24, 2.45) is 0 Å². The summed E-state index contributed by atoms with van der Waals surface area (Å²) in [6.45, 7) is 3.55. The average molecular weight is 376 g/mol. The van der Waals surface area contributed by atoms with Gasteiger partial charge in [-0.05, 0) is 32.0 Å². The van der Waals surface area contributed by atoms with Crippen LogP contribution in [0.4, 0.5) is 5.82 Å². The lowest BCUT2D eigenvalue weighted by atomic mass is 10.2. The van der Waals surface area contributed by atoms with Crippen molar-refractivity contribution in [2.45, 2.75) is 20.3 Å². The van der Waals surface area contributed by atoms with Crippen molar-refractivity contribution >= 4 is 27.7 Å². The number of nitrogens with zero attached hydrogens (tertiary/aromatic N) is 2. The molecule has 0 bridgehead atoms. The number of hydrogen-bond donors (Lipinski definition) is 1. The highest BCUT2D eigenvalue weighted by Gasteiger charge is 2.15. The Morgan fingerprint density at radius 1 is 1.30 bits per heavy atom. The molecular weight excluding hydrogens is 362 g/mol. The Kier molecular flexibility index (Phi) is 4.29. The molecule has 1 N–H and O–H groups in total. The van der Waals surface area contributed by atoms with Crippen LogP contribution >= 0.6 is 15.9 Å². The molecule has 23 heavy (non-hydrogen) atoms. The summed E-state index contributed by atoms with van der Waals surface area (Å²) >= 11 is 3.41. The third-order valence-corrected chi connectivity index (χ3v) is 3.68. The second-order valence-electron chi connectivity index (χ2n) is 5.08. The highest BCUT2D eigenvalue weighted by molar-refractivity contribution is 9.10. The van der Waals surface area contributed by atoms with Crippen LogP contribution in [-0.4, -0.2) is 16.0 Å². The molecule has 0 aliphatic rings.